The number of hydrogen-bond donors (Lipinski definition) is 1. The highest BCUT2D eigenvalue weighted by molar-refractivity contribution is 5.97. The number of likely N-dealkylation sites (tertiary alicyclic amines) is 1. The largest absolute Gasteiger partial charge is 0.497 e. The first-order chi connectivity index (χ1) is 13.2. The molecule has 1 amide bonds. The highest BCUT2D eigenvalue weighted by Crippen LogP contribution is 2.31. The van der Waals surface area contributed by atoms with Gasteiger partial charge in [0.05, 0.1) is 25.5 Å². The molecule has 8 nitrogen and oxygen atoms in total. The van der Waals surface area contributed by atoms with Crippen LogP contribution in [0.2, 0.25) is 0 Å². The third-order valence-electron chi connectivity index (χ3n) is 4.97. The van der Waals surface area contributed by atoms with Gasteiger partial charge in [-0.15, -0.1) is 0 Å². The molecular formula is C19H21N5O3. The smallest absolute Gasteiger partial charge is 0.257 e. The van der Waals surface area contributed by atoms with E-state index in [0.29, 0.717) is 35.8 Å². The molecule has 1 atom stereocenters. The van der Waals surface area contributed by atoms with Gasteiger partial charge in [0.15, 0.2) is 5.65 Å². The average molecular weight is 367 g/mol. The summed E-state index contributed by atoms with van der Waals surface area (Å²) in [6.07, 6.45) is 5.17. The summed E-state index contributed by atoms with van der Waals surface area (Å²) in [7, 11) is 3.14. The number of carbonyl (C=O) groups is 1. The van der Waals surface area contributed by atoms with Gasteiger partial charge in [0, 0.05) is 37.5 Å². The number of aromatic amines is 1. The van der Waals surface area contributed by atoms with E-state index in [1.807, 2.05) is 4.90 Å². The van der Waals surface area contributed by atoms with Crippen molar-refractivity contribution in [2.75, 3.05) is 27.3 Å². The SMILES string of the molecule is COc1ccc(C(=O)N2CCC[C@@H](c3[nH]nc4nccnc34)C2)c(OC)c1. The Balaban J connectivity index is 1.59. The van der Waals surface area contributed by atoms with Crippen molar-refractivity contribution < 1.29 is 14.3 Å². The maximum atomic E-state index is 13.1. The molecule has 8 heteroatoms. The van der Waals surface area contributed by atoms with Crippen LogP contribution in [0.5, 0.6) is 11.5 Å². The van der Waals surface area contributed by atoms with Crippen LogP contribution >= 0.6 is 0 Å². The second-order valence-electron chi connectivity index (χ2n) is 6.52. The molecule has 0 aliphatic carbocycles. The summed E-state index contributed by atoms with van der Waals surface area (Å²) in [6, 6.07) is 5.25. The molecule has 3 aromatic rings. The lowest BCUT2D eigenvalue weighted by Crippen LogP contribution is -2.39. The van der Waals surface area contributed by atoms with E-state index in [4.69, 9.17) is 9.47 Å². The number of piperidine rings is 1. The quantitative estimate of drug-likeness (QED) is 0.761. The van der Waals surface area contributed by atoms with Crippen LogP contribution in [0, 0.1) is 0 Å². The zero-order valence-corrected chi connectivity index (χ0v) is 15.3. The number of nitrogens with one attached hydrogen (secondary N) is 1. The maximum Gasteiger partial charge on any atom is 0.257 e. The number of fused-ring (bicyclic) bond motifs is 1. The zero-order chi connectivity index (χ0) is 18.8. The Hall–Kier alpha value is -3.16. The summed E-state index contributed by atoms with van der Waals surface area (Å²) in [6.45, 7) is 1.31. The van der Waals surface area contributed by atoms with E-state index in [1.165, 1.54) is 0 Å². The molecule has 0 saturated carbocycles. The van der Waals surface area contributed by atoms with Crippen LogP contribution in [0.3, 0.4) is 0 Å². The molecule has 1 saturated heterocycles. The van der Waals surface area contributed by atoms with Crippen molar-refractivity contribution in [2.24, 2.45) is 0 Å². The minimum atomic E-state index is -0.0471. The van der Waals surface area contributed by atoms with Crippen LogP contribution < -0.4 is 9.47 Å². The fourth-order valence-electron chi connectivity index (χ4n) is 3.60. The first-order valence-electron chi connectivity index (χ1n) is 8.87. The van der Waals surface area contributed by atoms with E-state index < -0.39 is 0 Å². The molecule has 1 aromatic carbocycles. The lowest BCUT2D eigenvalue weighted by atomic mass is 9.93. The summed E-state index contributed by atoms with van der Waals surface area (Å²) in [5, 5.41) is 7.30. The predicted octanol–water partition coefficient (Wildman–Crippen LogP) is 2.39. The third-order valence-corrected chi connectivity index (χ3v) is 4.97. The molecule has 0 unspecified atom stereocenters. The number of H-pyrrole nitrogens is 1. The van der Waals surface area contributed by atoms with Crippen LogP contribution in [0.1, 0.15) is 34.8 Å². The van der Waals surface area contributed by atoms with Gasteiger partial charge < -0.3 is 14.4 Å². The van der Waals surface area contributed by atoms with Crippen molar-refractivity contribution in [2.45, 2.75) is 18.8 Å². The van der Waals surface area contributed by atoms with E-state index >= 15 is 0 Å². The number of rotatable bonds is 4. The summed E-state index contributed by atoms with van der Waals surface area (Å²) >= 11 is 0. The Morgan fingerprint density at radius 3 is 2.89 bits per heavy atom. The molecule has 1 fully saturated rings. The van der Waals surface area contributed by atoms with E-state index in [2.05, 4.69) is 20.2 Å². The van der Waals surface area contributed by atoms with Gasteiger partial charge in [-0.25, -0.2) is 9.97 Å². The second-order valence-corrected chi connectivity index (χ2v) is 6.52. The topological polar surface area (TPSA) is 93.2 Å². The molecule has 4 rings (SSSR count). The van der Waals surface area contributed by atoms with Gasteiger partial charge in [0.2, 0.25) is 0 Å². The maximum absolute atomic E-state index is 13.1. The molecule has 0 spiro atoms. The summed E-state index contributed by atoms with van der Waals surface area (Å²) in [5.74, 6) is 1.27. The fraction of sp³-hybridized carbons (Fsp3) is 0.368. The average Bonchev–Trinajstić information content (AvgIpc) is 3.17. The normalized spacial score (nSPS) is 17.1. The Morgan fingerprint density at radius 2 is 2.07 bits per heavy atom. The summed E-state index contributed by atoms with van der Waals surface area (Å²) in [4.78, 5) is 23.6. The number of aromatic nitrogens is 4. The summed E-state index contributed by atoms with van der Waals surface area (Å²) < 4.78 is 10.6. The number of methoxy groups -OCH3 is 2. The first kappa shape index (κ1) is 17.3. The van der Waals surface area contributed by atoms with Crippen LogP contribution in [-0.4, -0.2) is 58.3 Å². The number of amides is 1. The number of ether oxygens (including phenoxy) is 2. The molecule has 1 aliphatic rings. The number of hydrogen-bond acceptors (Lipinski definition) is 6. The first-order valence-corrected chi connectivity index (χ1v) is 8.87. The zero-order valence-electron chi connectivity index (χ0n) is 15.3. The van der Waals surface area contributed by atoms with Gasteiger partial charge in [-0.1, -0.05) is 0 Å². The minimum Gasteiger partial charge on any atom is -0.497 e. The molecule has 3 heterocycles. The number of benzene rings is 1. The van der Waals surface area contributed by atoms with Gasteiger partial charge in [0.1, 0.15) is 17.0 Å². The lowest BCUT2D eigenvalue weighted by Gasteiger charge is -2.32. The highest BCUT2D eigenvalue weighted by Gasteiger charge is 2.29. The van der Waals surface area contributed by atoms with Crippen molar-refractivity contribution >= 4 is 17.1 Å². The van der Waals surface area contributed by atoms with Gasteiger partial charge in [-0.3, -0.25) is 9.89 Å². The minimum absolute atomic E-state index is 0.0471. The molecule has 140 valence electrons. The van der Waals surface area contributed by atoms with Crippen molar-refractivity contribution in [1.29, 1.82) is 0 Å². The molecule has 2 aromatic heterocycles. The van der Waals surface area contributed by atoms with Crippen LogP contribution in [-0.2, 0) is 0 Å². The molecule has 0 radical (unpaired) electrons. The standard InChI is InChI=1S/C19H21N5O3/c1-26-13-5-6-14(15(10-13)27-2)19(25)24-9-3-4-12(11-24)16-17-18(23-22-16)21-8-7-20-17/h5-8,10,12H,3-4,9,11H2,1-2H3,(H,21,22,23)/t12-/m1/s1. The lowest BCUT2D eigenvalue weighted by molar-refractivity contribution is 0.0702. The Morgan fingerprint density at radius 1 is 1.22 bits per heavy atom. The van der Waals surface area contributed by atoms with E-state index in [-0.39, 0.29) is 11.8 Å². The summed E-state index contributed by atoms with van der Waals surface area (Å²) in [5.41, 5.74) is 2.86. The van der Waals surface area contributed by atoms with E-state index in [9.17, 15) is 4.79 Å². The Kier molecular flexibility index (Phi) is 4.62. The van der Waals surface area contributed by atoms with Crippen LogP contribution in [0.15, 0.2) is 30.6 Å². The second kappa shape index (κ2) is 7.22. The molecule has 1 aliphatic heterocycles. The molecular weight excluding hydrogens is 346 g/mol. The van der Waals surface area contributed by atoms with Crippen molar-refractivity contribution in [3.63, 3.8) is 0 Å². The van der Waals surface area contributed by atoms with E-state index in [0.717, 1.165) is 24.1 Å². The highest BCUT2D eigenvalue weighted by atomic mass is 16.5. The number of nitrogens with zero attached hydrogens (tertiary/aromatic N) is 4. The van der Waals surface area contributed by atoms with Crippen molar-refractivity contribution in [1.82, 2.24) is 25.1 Å². The Labute approximate surface area is 156 Å². The molecule has 27 heavy (non-hydrogen) atoms. The van der Waals surface area contributed by atoms with Gasteiger partial charge >= 0.3 is 0 Å². The van der Waals surface area contributed by atoms with Crippen molar-refractivity contribution in [3.05, 3.63) is 41.9 Å². The van der Waals surface area contributed by atoms with E-state index in [1.54, 1.807) is 44.8 Å². The number of carbonyl (C=O) groups excluding carboxylic acids is 1. The molecule has 0 bridgehead atoms. The van der Waals surface area contributed by atoms with Gasteiger partial charge in [-0.2, -0.15) is 5.10 Å². The Bertz CT molecular complexity index is 971. The van der Waals surface area contributed by atoms with Crippen molar-refractivity contribution in [3.8, 4) is 11.5 Å². The van der Waals surface area contributed by atoms with Gasteiger partial charge in [0.25, 0.3) is 5.91 Å². The predicted molar refractivity (Wildman–Crippen MR) is 99.1 cm³/mol. The third kappa shape index (κ3) is 3.18. The molecule has 1 N–H and O–H groups in total. The fourth-order valence-corrected chi connectivity index (χ4v) is 3.60. The van der Waals surface area contributed by atoms with Crippen LogP contribution in [0.25, 0.3) is 11.2 Å². The van der Waals surface area contributed by atoms with Gasteiger partial charge in [-0.05, 0) is 25.0 Å². The van der Waals surface area contributed by atoms with Crippen LogP contribution in [0.4, 0.5) is 0 Å². The monoisotopic (exact) mass is 367 g/mol.